The zero-order valence-corrected chi connectivity index (χ0v) is 12.1. The smallest absolute Gasteiger partial charge is 0.335 e. The summed E-state index contributed by atoms with van der Waals surface area (Å²) in [6.07, 6.45) is 2.38. The molecule has 2 N–H and O–H groups in total. The molecule has 5 nitrogen and oxygen atoms in total. The highest BCUT2D eigenvalue weighted by atomic mass is 79.9. The summed E-state index contributed by atoms with van der Waals surface area (Å²) in [7, 11) is 1.76. The number of carbonyl (C=O) groups is 2. The summed E-state index contributed by atoms with van der Waals surface area (Å²) in [6.45, 7) is 0.761. The van der Waals surface area contributed by atoms with Crippen LogP contribution in [0.3, 0.4) is 0 Å². The number of rotatable bonds is 4. The van der Waals surface area contributed by atoms with Crippen molar-refractivity contribution < 1.29 is 14.7 Å². The Morgan fingerprint density at radius 1 is 1.47 bits per heavy atom. The van der Waals surface area contributed by atoms with Gasteiger partial charge in [-0.05, 0) is 52.9 Å². The minimum absolute atomic E-state index is 0.177. The largest absolute Gasteiger partial charge is 0.478 e. The number of hydrogen-bond acceptors (Lipinski definition) is 2. The summed E-state index contributed by atoms with van der Waals surface area (Å²) in [5.74, 6) is -0.363. The first-order chi connectivity index (χ1) is 8.97. The number of carboxylic acids is 1. The monoisotopic (exact) mass is 326 g/mol. The quantitative estimate of drug-likeness (QED) is 0.893. The van der Waals surface area contributed by atoms with Gasteiger partial charge in [-0.25, -0.2) is 9.59 Å². The molecule has 1 aliphatic rings. The van der Waals surface area contributed by atoms with E-state index >= 15 is 0 Å². The first-order valence-electron chi connectivity index (χ1n) is 6.02. The molecular weight excluding hydrogens is 312 g/mol. The van der Waals surface area contributed by atoms with Crippen molar-refractivity contribution in [1.29, 1.82) is 0 Å². The molecule has 0 saturated heterocycles. The molecule has 2 amide bonds. The predicted octanol–water partition coefficient (Wildman–Crippen LogP) is 3.02. The van der Waals surface area contributed by atoms with Crippen molar-refractivity contribution in [1.82, 2.24) is 4.90 Å². The van der Waals surface area contributed by atoms with Gasteiger partial charge < -0.3 is 15.3 Å². The second-order valence-corrected chi connectivity index (χ2v) is 5.61. The summed E-state index contributed by atoms with van der Waals surface area (Å²) >= 11 is 3.26. The van der Waals surface area contributed by atoms with Gasteiger partial charge in [0.2, 0.25) is 0 Å². The molecule has 0 unspecified atom stereocenters. The lowest BCUT2D eigenvalue weighted by atomic mass is 10.2. The van der Waals surface area contributed by atoms with Gasteiger partial charge in [-0.2, -0.15) is 0 Å². The number of carbonyl (C=O) groups excluding carboxylic acids is 1. The molecule has 0 aliphatic heterocycles. The van der Waals surface area contributed by atoms with Crippen molar-refractivity contribution >= 4 is 33.6 Å². The minimum Gasteiger partial charge on any atom is -0.478 e. The Balaban J connectivity index is 2.01. The third kappa shape index (κ3) is 3.70. The molecule has 0 spiro atoms. The number of anilines is 1. The lowest BCUT2D eigenvalue weighted by Crippen LogP contribution is -2.33. The van der Waals surface area contributed by atoms with Crippen molar-refractivity contribution in [3.63, 3.8) is 0 Å². The molecule has 1 aromatic rings. The van der Waals surface area contributed by atoms with Gasteiger partial charge in [0, 0.05) is 18.1 Å². The van der Waals surface area contributed by atoms with E-state index < -0.39 is 5.97 Å². The molecule has 0 radical (unpaired) electrons. The first kappa shape index (κ1) is 13.9. The van der Waals surface area contributed by atoms with Gasteiger partial charge in [0.05, 0.1) is 11.3 Å². The van der Waals surface area contributed by atoms with Crippen molar-refractivity contribution in [2.45, 2.75) is 12.8 Å². The van der Waals surface area contributed by atoms with Gasteiger partial charge in [-0.3, -0.25) is 0 Å². The maximum atomic E-state index is 11.9. The summed E-state index contributed by atoms with van der Waals surface area (Å²) in [6, 6.07) is 4.33. The topological polar surface area (TPSA) is 69.6 Å². The zero-order valence-electron chi connectivity index (χ0n) is 10.5. The van der Waals surface area contributed by atoms with E-state index in [0.717, 1.165) is 6.54 Å². The van der Waals surface area contributed by atoms with Gasteiger partial charge in [0.1, 0.15) is 0 Å². The predicted molar refractivity (Wildman–Crippen MR) is 75.5 cm³/mol. The molecule has 102 valence electrons. The lowest BCUT2D eigenvalue weighted by molar-refractivity contribution is 0.0697. The third-order valence-electron chi connectivity index (χ3n) is 3.03. The molecule has 1 aromatic carbocycles. The van der Waals surface area contributed by atoms with E-state index in [9.17, 15) is 9.59 Å². The second kappa shape index (κ2) is 5.61. The van der Waals surface area contributed by atoms with Gasteiger partial charge in [-0.15, -0.1) is 0 Å². The Morgan fingerprint density at radius 2 is 2.16 bits per heavy atom. The van der Waals surface area contributed by atoms with Gasteiger partial charge >= 0.3 is 12.0 Å². The number of halogens is 1. The van der Waals surface area contributed by atoms with E-state index in [2.05, 4.69) is 21.2 Å². The van der Waals surface area contributed by atoms with Crippen LogP contribution in [0.5, 0.6) is 0 Å². The Kier molecular flexibility index (Phi) is 4.09. The lowest BCUT2D eigenvalue weighted by Gasteiger charge is -2.18. The van der Waals surface area contributed by atoms with Crippen LogP contribution in [0, 0.1) is 5.92 Å². The number of aromatic carboxylic acids is 1. The highest BCUT2D eigenvalue weighted by Crippen LogP contribution is 2.29. The molecule has 1 fully saturated rings. The first-order valence-corrected chi connectivity index (χ1v) is 6.81. The molecule has 1 saturated carbocycles. The number of nitrogens with zero attached hydrogens (tertiary/aromatic N) is 1. The maximum absolute atomic E-state index is 11.9. The Hall–Kier alpha value is -1.56. The van der Waals surface area contributed by atoms with E-state index in [-0.39, 0.29) is 11.6 Å². The van der Waals surface area contributed by atoms with E-state index in [0.29, 0.717) is 16.1 Å². The molecule has 0 heterocycles. The second-order valence-electron chi connectivity index (χ2n) is 4.75. The van der Waals surface area contributed by atoms with Crippen LogP contribution in [0.4, 0.5) is 10.5 Å². The molecule has 19 heavy (non-hydrogen) atoms. The van der Waals surface area contributed by atoms with Crippen molar-refractivity contribution in [3.8, 4) is 0 Å². The summed E-state index contributed by atoms with van der Waals surface area (Å²) < 4.78 is 0.556. The van der Waals surface area contributed by atoms with E-state index in [1.165, 1.54) is 25.0 Å². The van der Waals surface area contributed by atoms with Gasteiger partial charge in [0.25, 0.3) is 0 Å². The van der Waals surface area contributed by atoms with Gasteiger partial charge in [0.15, 0.2) is 0 Å². The van der Waals surface area contributed by atoms with Crippen molar-refractivity contribution in [2.75, 3.05) is 18.9 Å². The fourth-order valence-corrected chi connectivity index (χ4v) is 2.21. The maximum Gasteiger partial charge on any atom is 0.335 e. The van der Waals surface area contributed by atoms with Crippen LogP contribution in [0.15, 0.2) is 22.7 Å². The number of amides is 2. The van der Waals surface area contributed by atoms with Crippen LogP contribution >= 0.6 is 15.9 Å². The highest BCUT2D eigenvalue weighted by Gasteiger charge is 2.25. The Bertz CT molecular complexity index is 515. The van der Waals surface area contributed by atoms with E-state index in [1.54, 1.807) is 18.0 Å². The van der Waals surface area contributed by atoms with E-state index in [4.69, 9.17) is 5.11 Å². The molecular formula is C13H15BrN2O3. The third-order valence-corrected chi connectivity index (χ3v) is 3.69. The zero-order chi connectivity index (χ0) is 14.0. The molecule has 2 rings (SSSR count). The number of nitrogens with one attached hydrogen (secondary N) is 1. The van der Waals surface area contributed by atoms with Crippen LogP contribution in [0.25, 0.3) is 0 Å². The normalized spacial score (nSPS) is 14.0. The standard InChI is InChI=1S/C13H15BrN2O3/c1-16(7-8-2-3-8)13(19)15-11-5-4-9(12(17)18)6-10(11)14/h4-6,8H,2-3,7H2,1H3,(H,15,19)(H,17,18). The summed E-state index contributed by atoms with van der Waals surface area (Å²) in [5, 5.41) is 11.6. The van der Waals surface area contributed by atoms with Crippen molar-refractivity contribution in [2.24, 2.45) is 5.92 Å². The number of urea groups is 1. The van der Waals surface area contributed by atoms with Crippen LogP contribution in [0.1, 0.15) is 23.2 Å². The molecule has 6 heteroatoms. The van der Waals surface area contributed by atoms with Crippen molar-refractivity contribution in [3.05, 3.63) is 28.2 Å². The fourth-order valence-electron chi connectivity index (χ4n) is 1.73. The van der Waals surface area contributed by atoms with Crippen LogP contribution in [-0.4, -0.2) is 35.6 Å². The Morgan fingerprint density at radius 3 is 2.68 bits per heavy atom. The molecule has 1 aliphatic carbocycles. The van der Waals surface area contributed by atoms with Gasteiger partial charge in [-0.1, -0.05) is 0 Å². The summed E-state index contributed by atoms with van der Waals surface area (Å²) in [5.41, 5.74) is 0.744. The Labute approximate surface area is 119 Å². The SMILES string of the molecule is CN(CC1CC1)C(=O)Nc1ccc(C(=O)O)cc1Br. The number of benzene rings is 1. The molecule has 0 bridgehead atoms. The molecule has 0 aromatic heterocycles. The summed E-state index contributed by atoms with van der Waals surface area (Å²) in [4.78, 5) is 24.4. The molecule has 0 atom stereocenters. The number of hydrogen-bond donors (Lipinski definition) is 2. The average Bonchev–Trinajstić information content (AvgIpc) is 3.15. The fraction of sp³-hybridized carbons (Fsp3) is 0.385. The average molecular weight is 327 g/mol. The minimum atomic E-state index is -0.996. The van der Waals surface area contributed by atoms with Crippen LogP contribution in [0.2, 0.25) is 0 Å². The van der Waals surface area contributed by atoms with Crippen LogP contribution in [-0.2, 0) is 0 Å². The highest BCUT2D eigenvalue weighted by molar-refractivity contribution is 9.10. The number of carboxylic acid groups (broad SMARTS) is 1. The van der Waals surface area contributed by atoms with E-state index in [1.807, 2.05) is 0 Å². The van der Waals surface area contributed by atoms with Crippen LogP contribution < -0.4 is 5.32 Å².